The van der Waals surface area contributed by atoms with E-state index in [-0.39, 0.29) is 36.3 Å². The molecule has 2 rings (SSSR count). The van der Waals surface area contributed by atoms with Crippen LogP contribution in [0.15, 0.2) is 23.2 Å². The third-order valence-electron chi connectivity index (χ3n) is 3.75. The summed E-state index contributed by atoms with van der Waals surface area (Å²) in [6.07, 6.45) is 0. The summed E-state index contributed by atoms with van der Waals surface area (Å²) in [5, 5.41) is 15.3. The van der Waals surface area contributed by atoms with Crippen molar-refractivity contribution in [2.45, 2.75) is 13.5 Å². The van der Waals surface area contributed by atoms with Crippen molar-refractivity contribution < 1.29 is 9.13 Å². The highest BCUT2D eigenvalue weighted by Gasteiger charge is 2.10. The highest BCUT2D eigenvalue weighted by atomic mass is 127. The number of aliphatic imine (C=N–C) groups is 1. The molecule has 8 heteroatoms. The van der Waals surface area contributed by atoms with E-state index in [9.17, 15) is 4.39 Å². The Morgan fingerprint density at radius 3 is 2.80 bits per heavy atom. The van der Waals surface area contributed by atoms with E-state index >= 15 is 0 Å². The molecule has 25 heavy (non-hydrogen) atoms. The van der Waals surface area contributed by atoms with Crippen LogP contribution < -0.4 is 10.6 Å². The molecule has 0 saturated carbocycles. The molecule has 0 unspecified atom stereocenters. The zero-order chi connectivity index (χ0) is 17.2. The molecular formula is C17H25FIN5O. The fourth-order valence-corrected chi connectivity index (χ4v) is 2.43. The van der Waals surface area contributed by atoms with Gasteiger partial charge < -0.3 is 15.4 Å². The summed E-state index contributed by atoms with van der Waals surface area (Å²) in [5.41, 5.74) is 0.853. The Kier molecular flexibility index (Phi) is 10.4. The van der Waals surface area contributed by atoms with Gasteiger partial charge in [-0.1, -0.05) is 0 Å². The van der Waals surface area contributed by atoms with Crippen molar-refractivity contribution in [1.82, 2.24) is 15.5 Å². The Morgan fingerprint density at radius 1 is 1.36 bits per heavy atom. The minimum Gasteiger partial charge on any atom is -0.379 e. The molecule has 0 radical (unpaired) electrons. The van der Waals surface area contributed by atoms with Crippen LogP contribution in [0.25, 0.3) is 0 Å². The van der Waals surface area contributed by atoms with Crippen LogP contribution >= 0.6 is 24.0 Å². The van der Waals surface area contributed by atoms with Crippen molar-refractivity contribution in [3.8, 4) is 6.07 Å². The quantitative estimate of drug-likeness (QED) is 0.384. The Labute approximate surface area is 165 Å². The highest BCUT2D eigenvalue weighted by Crippen LogP contribution is 2.11. The van der Waals surface area contributed by atoms with Crippen LogP contribution in [-0.2, 0) is 11.3 Å². The van der Waals surface area contributed by atoms with E-state index in [0.717, 1.165) is 45.9 Å². The van der Waals surface area contributed by atoms with Gasteiger partial charge in [0.1, 0.15) is 5.82 Å². The maximum atomic E-state index is 13.8. The molecule has 1 heterocycles. The zero-order valence-electron chi connectivity index (χ0n) is 14.4. The first kappa shape index (κ1) is 21.6. The molecule has 0 bridgehead atoms. The lowest BCUT2D eigenvalue weighted by atomic mass is 10.1. The largest absolute Gasteiger partial charge is 0.379 e. The van der Waals surface area contributed by atoms with Crippen LogP contribution in [-0.4, -0.2) is 56.8 Å². The molecule has 1 aromatic carbocycles. The van der Waals surface area contributed by atoms with E-state index in [1.807, 2.05) is 13.0 Å². The lowest BCUT2D eigenvalue weighted by Crippen LogP contribution is -2.44. The number of nitrogens with one attached hydrogen (secondary N) is 2. The first-order chi connectivity index (χ1) is 11.7. The number of nitrogens with zero attached hydrogens (tertiary/aromatic N) is 3. The number of nitriles is 1. The number of halogens is 2. The molecule has 2 N–H and O–H groups in total. The highest BCUT2D eigenvalue weighted by molar-refractivity contribution is 14.0. The van der Waals surface area contributed by atoms with Gasteiger partial charge in [0.2, 0.25) is 0 Å². The van der Waals surface area contributed by atoms with Gasteiger partial charge in [-0.25, -0.2) is 9.38 Å². The van der Waals surface area contributed by atoms with E-state index in [2.05, 4.69) is 20.5 Å². The fraction of sp³-hybridized carbons (Fsp3) is 0.529. The average molecular weight is 461 g/mol. The molecule has 0 atom stereocenters. The van der Waals surface area contributed by atoms with Crippen molar-refractivity contribution in [3.63, 3.8) is 0 Å². The standard InChI is InChI=1S/C17H24FN5O.HI/c1-2-20-17(21-5-6-23-7-9-24-10-8-23)22-13-15-11-14(12-19)3-4-16(15)18;/h3-4,11H,2,5-10,13H2,1H3,(H2,20,21,22);1H. The molecule has 0 amide bonds. The van der Waals surface area contributed by atoms with Crippen LogP contribution in [0.2, 0.25) is 0 Å². The maximum Gasteiger partial charge on any atom is 0.191 e. The van der Waals surface area contributed by atoms with Gasteiger partial charge in [0.15, 0.2) is 5.96 Å². The predicted octanol–water partition coefficient (Wildman–Crippen LogP) is 1.70. The molecule has 6 nitrogen and oxygen atoms in total. The molecule has 1 aliphatic rings. The summed E-state index contributed by atoms with van der Waals surface area (Å²) < 4.78 is 19.1. The SMILES string of the molecule is CCNC(=NCc1cc(C#N)ccc1F)NCCN1CCOCC1.I. The number of rotatable bonds is 6. The average Bonchev–Trinajstić information content (AvgIpc) is 2.61. The summed E-state index contributed by atoms with van der Waals surface area (Å²) in [4.78, 5) is 6.73. The summed E-state index contributed by atoms with van der Waals surface area (Å²) in [7, 11) is 0. The Morgan fingerprint density at radius 2 is 2.12 bits per heavy atom. The van der Waals surface area contributed by atoms with Crippen molar-refractivity contribution in [1.29, 1.82) is 5.26 Å². The number of benzene rings is 1. The molecule has 138 valence electrons. The van der Waals surface area contributed by atoms with Gasteiger partial charge in [0.25, 0.3) is 0 Å². The summed E-state index contributed by atoms with van der Waals surface area (Å²) in [6, 6.07) is 6.33. The Balaban J connectivity index is 0.00000312. The van der Waals surface area contributed by atoms with Gasteiger partial charge in [0.05, 0.1) is 31.4 Å². The van der Waals surface area contributed by atoms with Gasteiger partial charge in [-0.15, -0.1) is 24.0 Å². The smallest absolute Gasteiger partial charge is 0.191 e. The first-order valence-corrected chi connectivity index (χ1v) is 8.23. The normalized spacial score (nSPS) is 15.2. The lowest BCUT2D eigenvalue weighted by Gasteiger charge is -2.26. The zero-order valence-corrected chi connectivity index (χ0v) is 16.8. The monoisotopic (exact) mass is 461 g/mol. The number of guanidine groups is 1. The molecule has 0 spiro atoms. The molecule has 1 aliphatic heterocycles. The Bertz CT molecular complexity index is 599. The van der Waals surface area contributed by atoms with E-state index < -0.39 is 0 Å². The van der Waals surface area contributed by atoms with E-state index in [4.69, 9.17) is 10.00 Å². The molecule has 0 aliphatic carbocycles. The van der Waals surface area contributed by atoms with Gasteiger partial charge >= 0.3 is 0 Å². The molecule has 1 fully saturated rings. The molecule has 0 aromatic heterocycles. The van der Waals surface area contributed by atoms with Crippen molar-refractivity contribution in [2.24, 2.45) is 4.99 Å². The second-order valence-electron chi connectivity index (χ2n) is 5.49. The minimum absolute atomic E-state index is 0. The van der Waals surface area contributed by atoms with Crippen LogP contribution in [0.5, 0.6) is 0 Å². The molecular weight excluding hydrogens is 436 g/mol. The second-order valence-corrected chi connectivity index (χ2v) is 5.49. The topological polar surface area (TPSA) is 72.7 Å². The van der Waals surface area contributed by atoms with Crippen LogP contribution in [0.3, 0.4) is 0 Å². The fourth-order valence-electron chi connectivity index (χ4n) is 2.43. The van der Waals surface area contributed by atoms with Gasteiger partial charge in [-0.05, 0) is 25.1 Å². The predicted molar refractivity (Wildman–Crippen MR) is 107 cm³/mol. The number of hydrogen-bond acceptors (Lipinski definition) is 4. The van der Waals surface area contributed by atoms with Gasteiger partial charge in [0, 0.05) is 38.3 Å². The molecule has 1 aromatic rings. The minimum atomic E-state index is -0.345. The van der Waals surface area contributed by atoms with Crippen LogP contribution in [0, 0.1) is 17.1 Å². The van der Waals surface area contributed by atoms with E-state index in [1.165, 1.54) is 18.2 Å². The van der Waals surface area contributed by atoms with Crippen LogP contribution in [0.4, 0.5) is 4.39 Å². The second kappa shape index (κ2) is 12.0. The van der Waals surface area contributed by atoms with Crippen LogP contribution in [0.1, 0.15) is 18.1 Å². The van der Waals surface area contributed by atoms with Gasteiger partial charge in [-0.2, -0.15) is 5.26 Å². The van der Waals surface area contributed by atoms with Crippen molar-refractivity contribution >= 4 is 29.9 Å². The van der Waals surface area contributed by atoms with Gasteiger partial charge in [-0.3, -0.25) is 4.90 Å². The van der Waals surface area contributed by atoms with E-state index in [1.54, 1.807) is 0 Å². The summed E-state index contributed by atoms with van der Waals surface area (Å²) >= 11 is 0. The Hall–Kier alpha value is -1.44. The first-order valence-electron chi connectivity index (χ1n) is 8.23. The number of ether oxygens (including phenoxy) is 1. The number of morpholine rings is 1. The molecule has 1 saturated heterocycles. The summed E-state index contributed by atoms with van der Waals surface area (Å²) in [6.45, 7) is 8.02. The van der Waals surface area contributed by atoms with E-state index in [0.29, 0.717) is 17.1 Å². The van der Waals surface area contributed by atoms with Crippen molar-refractivity contribution in [2.75, 3.05) is 45.9 Å². The maximum absolute atomic E-state index is 13.8. The third-order valence-corrected chi connectivity index (χ3v) is 3.75. The number of hydrogen-bond donors (Lipinski definition) is 2. The lowest BCUT2D eigenvalue weighted by molar-refractivity contribution is 0.0389. The third kappa shape index (κ3) is 7.54. The van der Waals surface area contributed by atoms with Crippen molar-refractivity contribution in [3.05, 3.63) is 35.1 Å². The summed E-state index contributed by atoms with van der Waals surface area (Å²) in [5.74, 6) is 0.300.